The summed E-state index contributed by atoms with van der Waals surface area (Å²) >= 11 is 0. The van der Waals surface area contributed by atoms with Crippen molar-refractivity contribution in [1.82, 2.24) is 10.3 Å². The van der Waals surface area contributed by atoms with Gasteiger partial charge in [-0.05, 0) is 12.1 Å². The number of aliphatic hydroxyl groups is 1. The number of nitrogens with two attached hydrogens (primary N) is 1. The summed E-state index contributed by atoms with van der Waals surface area (Å²) < 4.78 is 4.49. The topological polar surface area (TPSA) is 115 Å². The third-order valence-corrected chi connectivity index (χ3v) is 2.11. The molecule has 0 saturated carbocycles. The van der Waals surface area contributed by atoms with Crippen LogP contribution >= 0.6 is 0 Å². The molecule has 1 heterocycles. The van der Waals surface area contributed by atoms with E-state index in [4.69, 9.17) is 10.8 Å². The first-order valence-corrected chi connectivity index (χ1v) is 5.90. The molecule has 106 valence electrons. The molecule has 0 spiro atoms. The molecular formula is C13H15N3O4. The van der Waals surface area contributed by atoms with Gasteiger partial charge in [0.2, 0.25) is 0 Å². The lowest BCUT2D eigenvalue weighted by Gasteiger charge is -2.06. The largest absolute Gasteiger partial charge is 0.448 e. The monoisotopic (exact) mass is 277 g/mol. The fourth-order valence-corrected chi connectivity index (χ4v) is 1.30. The Balaban J connectivity index is 2.64. The number of rotatable bonds is 5. The third-order valence-electron chi connectivity index (χ3n) is 2.11. The first-order valence-electron chi connectivity index (χ1n) is 5.90. The number of carbonyl (C=O) groups excluding carboxylic acids is 2. The quantitative estimate of drug-likeness (QED) is 0.502. The van der Waals surface area contributed by atoms with E-state index in [2.05, 4.69) is 26.9 Å². The van der Waals surface area contributed by atoms with E-state index in [1.54, 1.807) is 12.1 Å². The number of carbonyl (C=O) groups is 2. The molecule has 1 aromatic rings. The van der Waals surface area contributed by atoms with E-state index in [0.717, 1.165) is 0 Å². The Morgan fingerprint density at radius 1 is 1.50 bits per heavy atom. The van der Waals surface area contributed by atoms with Crippen molar-refractivity contribution < 1.29 is 19.4 Å². The number of ether oxygens (including phenoxy) is 1. The molecule has 4 N–H and O–H groups in total. The number of amides is 2. The number of hydrogen-bond acceptors (Lipinski definition) is 5. The molecule has 0 bridgehead atoms. The molecule has 20 heavy (non-hydrogen) atoms. The highest BCUT2D eigenvalue weighted by molar-refractivity contribution is 5.94. The third kappa shape index (κ3) is 5.37. The smallest absolute Gasteiger partial charge is 0.404 e. The van der Waals surface area contributed by atoms with Crippen LogP contribution < -0.4 is 11.1 Å². The van der Waals surface area contributed by atoms with E-state index < -0.39 is 12.0 Å². The van der Waals surface area contributed by atoms with Crippen molar-refractivity contribution in [2.75, 3.05) is 19.8 Å². The molecule has 0 saturated heterocycles. The second-order valence-corrected chi connectivity index (χ2v) is 3.60. The summed E-state index contributed by atoms with van der Waals surface area (Å²) in [5, 5.41) is 11.2. The normalized spacial score (nSPS) is 9.25. The molecule has 7 heteroatoms. The van der Waals surface area contributed by atoms with Crippen LogP contribution in [0.4, 0.5) is 4.79 Å². The van der Waals surface area contributed by atoms with Crippen LogP contribution in [0.1, 0.15) is 22.5 Å². The second kappa shape index (κ2) is 8.50. The molecule has 0 aliphatic carbocycles. The molecule has 0 unspecified atom stereocenters. The van der Waals surface area contributed by atoms with Crippen molar-refractivity contribution in [2.45, 2.75) is 6.42 Å². The van der Waals surface area contributed by atoms with Gasteiger partial charge >= 0.3 is 6.09 Å². The van der Waals surface area contributed by atoms with Gasteiger partial charge in [-0.1, -0.05) is 11.8 Å². The van der Waals surface area contributed by atoms with E-state index in [1.165, 1.54) is 6.20 Å². The van der Waals surface area contributed by atoms with E-state index >= 15 is 0 Å². The Hall–Kier alpha value is -2.59. The van der Waals surface area contributed by atoms with Crippen LogP contribution in [-0.4, -0.2) is 41.8 Å². The van der Waals surface area contributed by atoms with Gasteiger partial charge < -0.3 is 20.9 Å². The predicted octanol–water partition coefficient (Wildman–Crippen LogP) is -0.359. The zero-order valence-corrected chi connectivity index (χ0v) is 10.8. The van der Waals surface area contributed by atoms with Gasteiger partial charge in [0, 0.05) is 12.6 Å². The number of nitrogens with zero attached hydrogens (tertiary/aromatic N) is 1. The molecule has 1 aromatic heterocycles. The Labute approximate surface area is 116 Å². The van der Waals surface area contributed by atoms with Crippen molar-refractivity contribution in [3.05, 3.63) is 29.6 Å². The Kier molecular flexibility index (Phi) is 6.57. The van der Waals surface area contributed by atoms with Gasteiger partial charge in [0.05, 0.1) is 18.7 Å². The summed E-state index contributed by atoms with van der Waals surface area (Å²) in [5.74, 6) is 5.06. The highest BCUT2D eigenvalue weighted by Gasteiger charge is 2.10. The molecule has 0 aliphatic heterocycles. The summed E-state index contributed by atoms with van der Waals surface area (Å²) in [5.41, 5.74) is 5.43. The molecule has 0 radical (unpaired) electrons. The molecule has 0 aromatic carbocycles. The Morgan fingerprint density at radius 3 is 3.00 bits per heavy atom. The van der Waals surface area contributed by atoms with Crippen LogP contribution in [0.3, 0.4) is 0 Å². The van der Waals surface area contributed by atoms with Gasteiger partial charge in [-0.2, -0.15) is 0 Å². The summed E-state index contributed by atoms with van der Waals surface area (Å²) in [7, 11) is 0. The summed E-state index contributed by atoms with van der Waals surface area (Å²) in [6, 6.07) is 3.32. The lowest BCUT2D eigenvalue weighted by atomic mass is 10.2. The average molecular weight is 277 g/mol. The maximum atomic E-state index is 11.9. The lowest BCUT2D eigenvalue weighted by Crippen LogP contribution is -2.30. The molecule has 2 amide bonds. The van der Waals surface area contributed by atoms with Gasteiger partial charge in [-0.15, -0.1) is 0 Å². The molecule has 7 nitrogen and oxygen atoms in total. The van der Waals surface area contributed by atoms with Gasteiger partial charge in [0.25, 0.3) is 5.91 Å². The second-order valence-electron chi connectivity index (χ2n) is 3.60. The van der Waals surface area contributed by atoms with Crippen LogP contribution in [0.5, 0.6) is 0 Å². The van der Waals surface area contributed by atoms with Crippen molar-refractivity contribution in [3.63, 3.8) is 0 Å². The number of pyridine rings is 1. The minimum absolute atomic E-state index is 0.0145. The first-order chi connectivity index (χ1) is 9.65. The standard InChI is InChI=1S/C13H15N3O4/c14-13(19)20-9-7-16-12(18)11-10(4-1-2-8-17)5-3-6-15-11/h3,5-6,17H,2,7-9H2,(H2,14,19)(H,16,18). The van der Waals surface area contributed by atoms with Crippen LogP contribution in [-0.2, 0) is 4.74 Å². The van der Waals surface area contributed by atoms with Crippen molar-refractivity contribution in [3.8, 4) is 11.8 Å². The molecule has 0 aliphatic rings. The van der Waals surface area contributed by atoms with Crippen LogP contribution in [0.25, 0.3) is 0 Å². The molecule has 1 rings (SSSR count). The Bertz CT molecular complexity index is 534. The van der Waals surface area contributed by atoms with E-state index in [-0.39, 0.29) is 25.5 Å². The van der Waals surface area contributed by atoms with Gasteiger partial charge in [0.15, 0.2) is 0 Å². The molecule has 0 fully saturated rings. The van der Waals surface area contributed by atoms with Gasteiger partial charge in [0.1, 0.15) is 12.3 Å². The maximum Gasteiger partial charge on any atom is 0.404 e. The van der Waals surface area contributed by atoms with E-state index in [1.807, 2.05) is 0 Å². The van der Waals surface area contributed by atoms with Crippen molar-refractivity contribution in [2.24, 2.45) is 5.73 Å². The number of aliphatic hydroxyl groups excluding tert-OH is 1. The minimum atomic E-state index is -0.896. The zero-order chi connectivity index (χ0) is 14.8. The fourth-order valence-electron chi connectivity index (χ4n) is 1.30. The van der Waals surface area contributed by atoms with Crippen LogP contribution in [0, 0.1) is 11.8 Å². The highest BCUT2D eigenvalue weighted by atomic mass is 16.5. The van der Waals surface area contributed by atoms with E-state index in [0.29, 0.717) is 12.0 Å². The number of hydrogen-bond donors (Lipinski definition) is 3. The summed E-state index contributed by atoms with van der Waals surface area (Å²) in [6.45, 7) is 0.0700. The fraction of sp³-hybridized carbons (Fsp3) is 0.308. The minimum Gasteiger partial charge on any atom is -0.448 e. The van der Waals surface area contributed by atoms with Crippen LogP contribution in [0.2, 0.25) is 0 Å². The van der Waals surface area contributed by atoms with Crippen molar-refractivity contribution in [1.29, 1.82) is 0 Å². The number of nitrogens with one attached hydrogen (secondary N) is 1. The van der Waals surface area contributed by atoms with Gasteiger partial charge in [-0.25, -0.2) is 9.78 Å². The first kappa shape index (κ1) is 15.5. The SMILES string of the molecule is NC(=O)OCCNC(=O)c1ncccc1C#CCCO. The number of aromatic nitrogens is 1. The number of primary amides is 1. The lowest BCUT2D eigenvalue weighted by molar-refractivity contribution is 0.0931. The highest BCUT2D eigenvalue weighted by Crippen LogP contribution is 2.03. The van der Waals surface area contributed by atoms with Gasteiger partial charge in [-0.3, -0.25) is 4.79 Å². The molecular weight excluding hydrogens is 262 g/mol. The van der Waals surface area contributed by atoms with Crippen LogP contribution in [0.15, 0.2) is 18.3 Å². The maximum absolute atomic E-state index is 11.9. The Morgan fingerprint density at radius 2 is 2.30 bits per heavy atom. The van der Waals surface area contributed by atoms with Crippen molar-refractivity contribution >= 4 is 12.0 Å². The summed E-state index contributed by atoms with van der Waals surface area (Å²) in [4.78, 5) is 26.2. The summed E-state index contributed by atoms with van der Waals surface area (Å²) in [6.07, 6.45) is 0.904. The zero-order valence-electron chi connectivity index (χ0n) is 10.8. The predicted molar refractivity (Wildman–Crippen MR) is 70.7 cm³/mol. The average Bonchev–Trinajstić information content (AvgIpc) is 2.44. The van der Waals surface area contributed by atoms with E-state index in [9.17, 15) is 9.59 Å². The molecule has 0 atom stereocenters.